The molecule has 0 aliphatic carbocycles. The molecular formula is C31H34N6O4. The molecule has 41 heavy (non-hydrogen) atoms. The number of hydrogen-bond acceptors (Lipinski definition) is 7. The predicted octanol–water partition coefficient (Wildman–Crippen LogP) is 4.96. The molecule has 1 aliphatic rings. The lowest BCUT2D eigenvalue weighted by molar-refractivity contribution is -0.0488. The number of aryl methyl sites for hydroxylation is 1. The average molecular weight is 555 g/mol. The summed E-state index contributed by atoms with van der Waals surface area (Å²) < 4.78 is 14.4. The molecule has 2 aromatic carbocycles. The second-order valence-electron chi connectivity index (χ2n) is 10.9. The average Bonchev–Trinajstić information content (AvgIpc) is 3.62. The fraction of sp³-hybridized carbons (Fsp3) is 0.387. The number of unbranched alkanes of at least 4 members (excludes halogenated alkanes) is 1. The summed E-state index contributed by atoms with van der Waals surface area (Å²) in [6.45, 7) is 6.27. The molecule has 10 nitrogen and oxygen atoms in total. The molecule has 0 amide bonds. The standard InChI is InChI=1S/C31H34N6O4/c1-4-5-10-27-26(29(38)36(30-32-18-33-37(27)30)23-15-19(2)40-20(3)16-23)17-21-11-13-22(14-12-21)24-8-6-7-9-25(24)28-34-31(39)41-35-28/h6-9,11-14,18-20,23H,4-5,10,15-17H2,1-3H3,(H,34,35,39)/t19-,20+,23-. The molecule has 0 saturated carbocycles. The van der Waals surface area contributed by atoms with Crippen LogP contribution in [0.3, 0.4) is 0 Å². The lowest BCUT2D eigenvalue weighted by Gasteiger charge is -2.33. The van der Waals surface area contributed by atoms with Crippen LogP contribution in [0, 0.1) is 0 Å². The smallest absolute Gasteiger partial charge is 0.375 e. The van der Waals surface area contributed by atoms with E-state index in [4.69, 9.17) is 9.26 Å². The van der Waals surface area contributed by atoms with Gasteiger partial charge in [-0.25, -0.2) is 9.31 Å². The maximum Gasteiger partial charge on any atom is 0.439 e. The molecule has 3 atom stereocenters. The van der Waals surface area contributed by atoms with Gasteiger partial charge in [-0.2, -0.15) is 10.1 Å². The number of fused-ring (bicyclic) bond motifs is 1. The highest BCUT2D eigenvalue weighted by Crippen LogP contribution is 2.31. The quantitative estimate of drug-likeness (QED) is 0.288. The van der Waals surface area contributed by atoms with Crippen LogP contribution >= 0.6 is 0 Å². The van der Waals surface area contributed by atoms with Crippen molar-refractivity contribution in [3.05, 3.63) is 92.6 Å². The van der Waals surface area contributed by atoms with E-state index in [0.29, 0.717) is 18.0 Å². The summed E-state index contributed by atoms with van der Waals surface area (Å²) in [7, 11) is 0. The maximum absolute atomic E-state index is 14.3. The van der Waals surface area contributed by atoms with E-state index in [-0.39, 0.29) is 23.8 Å². The molecule has 4 heterocycles. The minimum atomic E-state index is -0.594. The molecule has 0 unspecified atom stereocenters. The minimum Gasteiger partial charge on any atom is -0.375 e. The van der Waals surface area contributed by atoms with Crippen molar-refractivity contribution in [2.24, 2.45) is 0 Å². The number of ether oxygens (including phenoxy) is 1. The van der Waals surface area contributed by atoms with Crippen molar-refractivity contribution in [3.8, 4) is 22.5 Å². The van der Waals surface area contributed by atoms with Gasteiger partial charge in [0, 0.05) is 23.6 Å². The van der Waals surface area contributed by atoms with Gasteiger partial charge in [0.15, 0.2) is 5.82 Å². The van der Waals surface area contributed by atoms with E-state index in [1.165, 1.54) is 0 Å². The molecule has 3 aromatic heterocycles. The van der Waals surface area contributed by atoms with Gasteiger partial charge in [-0.15, -0.1) is 0 Å². The minimum absolute atomic E-state index is 0.00576. The van der Waals surface area contributed by atoms with E-state index in [2.05, 4.69) is 53.1 Å². The van der Waals surface area contributed by atoms with Crippen LogP contribution in [0.2, 0.25) is 0 Å². The van der Waals surface area contributed by atoms with Crippen LogP contribution in [-0.4, -0.2) is 41.5 Å². The van der Waals surface area contributed by atoms with E-state index in [1.54, 1.807) is 6.33 Å². The zero-order valence-corrected chi connectivity index (χ0v) is 23.5. The lowest BCUT2D eigenvalue weighted by atomic mass is 9.95. The molecule has 0 bridgehead atoms. The monoisotopic (exact) mass is 554 g/mol. The van der Waals surface area contributed by atoms with Crippen LogP contribution < -0.4 is 11.3 Å². The Morgan fingerprint density at radius 2 is 1.73 bits per heavy atom. The normalized spacial score (nSPS) is 19.1. The Kier molecular flexibility index (Phi) is 7.40. The van der Waals surface area contributed by atoms with Crippen LogP contribution in [0.5, 0.6) is 0 Å². The summed E-state index contributed by atoms with van der Waals surface area (Å²) in [4.78, 5) is 33.0. The summed E-state index contributed by atoms with van der Waals surface area (Å²) in [5, 5.41) is 8.44. The first-order valence-electron chi connectivity index (χ1n) is 14.3. The highest BCUT2D eigenvalue weighted by Gasteiger charge is 2.30. The first kappa shape index (κ1) is 26.9. The fourth-order valence-corrected chi connectivity index (χ4v) is 6.06. The van der Waals surface area contributed by atoms with E-state index in [9.17, 15) is 9.59 Å². The molecule has 0 spiro atoms. The van der Waals surface area contributed by atoms with Crippen molar-refractivity contribution >= 4 is 5.78 Å². The van der Waals surface area contributed by atoms with E-state index in [0.717, 1.165) is 65.6 Å². The van der Waals surface area contributed by atoms with Gasteiger partial charge in [0.1, 0.15) is 6.33 Å². The first-order valence-corrected chi connectivity index (χ1v) is 14.3. The van der Waals surface area contributed by atoms with Crippen molar-refractivity contribution in [2.45, 2.75) is 77.5 Å². The fourth-order valence-electron chi connectivity index (χ4n) is 6.06. The Morgan fingerprint density at radius 1 is 1.00 bits per heavy atom. The number of nitrogens with one attached hydrogen (secondary N) is 1. The van der Waals surface area contributed by atoms with Crippen molar-refractivity contribution in [2.75, 3.05) is 0 Å². The summed E-state index contributed by atoms with van der Waals surface area (Å²) in [5.41, 5.74) is 5.38. The van der Waals surface area contributed by atoms with E-state index >= 15 is 0 Å². The highest BCUT2D eigenvalue weighted by atomic mass is 16.5. The van der Waals surface area contributed by atoms with Gasteiger partial charge in [0.2, 0.25) is 5.78 Å². The Labute approximate surface area is 237 Å². The number of H-pyrrole nitrogens is 1. The molecule has 212 valence electrons. The largest absolute Gasteiger partial charge is 0.439 e. The number of benzene rings is 2. The van der Waals surface area contributed by atoms with Gasteiger partial charge in [0.25, 0.3) is 5.56 Å². The van der Waals surface area contributed by atoms with Crippen LogP contribution in [0.1, 0.15) is 69.3 Å². The van der Waals surface area contributed by atoms with Gasteiger partial charge in [-0.3, -0.25) is 18.9 Å². The number of hydrogen-bond donors (Lipinski definition) is 1. The number of nitrogens with zero attached hydrogens (tertiary/aromatic N) is 5. The summed E-state index contributed by atoms with van der Waals surface area (Å²) >= 11 is 0. The first-order chi connectivity index (χ1) is 19.9. The van der Waals surface area contributed by atoms with Gasteiger partial charge in [-0.05, 0) is 56.2 Å². The topological polar surface area (TPSA) is 120 Å². The SMILES string of the molecule is CCCCc1c(Cc2ccc(-c3ccccc3-c3noc(=O)[nH]3)cc2)c(=O)n([C@@H]2C[C@@H](C)O[C@@H](C)C2)c2ncnn12. The molecular weight excluding hydrogens is 520 g/mol. The second kappa shape index (κ2) is 11.3. The molecule has 0 radical (unpaired) electrons. The zero-order chi connectivity index (χ0) is 28.5. The molecule has 6 rings (SSSR count). The second-order valence-corrected chi connectivity index (χ2v) is 10.9. The van der Waals surface area contributed by atoms with Gasteiger partial charge in [0.05, 0.1) is 17.9 Å². The van der Waals surface area contributed by atoms with Gasteiger partial charge >= 0.3 is 5.76 Å². The Bertz CT molecular complexity index is 1770. The number of aromatic nitrogens is 6. The third-order valence-corrected chi connectivity index (χ3v) is 7.90. The molecule has 1 aliphatic heterocycles. The van der Waals surface area contributed by atoms with Gasteiger partial charge < -0.3 is 4.74 Å². The van der Waals surface area contributed by atoms with Crippen LogP contribution in [0.4, 0.5) is 0 Å². The van der Waals surface area contributed by atoms with Crippen LogP contribution in [0.25, 0.3) is 28.3 Å². The van der Waals surface area contributed by atoms with Crippen LogP contribution in [0.15, 0.2) is 69.0 Å². The molecule has 5 aromatic rings. The summed E-state index contributed by atoms with van der Waals surface area (Å²) in [6, 6.07) is 15.9. The third-order valence-electron chi connectivity index (χ3n) is 7.90. The highest BCUT2D eigenvalue weighted by molar-refractivity contribution is 5.80. The van der Waals surface area contributed by atoms with Gasteiger partial charge in [-0.1, -0.05) is 67.0 Å². The van der Waals surface area contributed by atoms with Crippen molar-refractivity contribution in [3.63, 3.8) is 0 Å². The van der Waals surface area contributed by atoms with E-state index in [1.807, 2.05) is 45.5 Å². The van der Waals surface area contributed by atoms with Crippen LogP contribution in [-0.2, 0) is 17.6 Å². The summed E-state index contributed by atoms with van der Waals surface area (Å²) in [5.74, 6) is 0.395. The Balaban J connectivity index is 1.40. The molecule has 1 fully saturated rings. The lowest BCUT2D eigenvalue weighted by Crippen LogP contribution is -2.38. The molecule has 1 N–H and O–H groups in total. The maximum atomic E-state index is 14.3. The molecule has 10 heteroatoms. The number of rotatable bonds is 8. The Morgan fingerprint density at radius 3 is 2.41 bits per heavy atom. The van der Waals surface area contributed by atoms with E-state index < -0.39 is 5.76 Å². The third kappa shape index (κ3) is 5.27. The summed E-state index contributed by atoms with van der Waals surface area (Å²) in [6.07, 6.45) is 6.39. The predicted molar refractivity (Wildman–Crippen MR) is 155 cm³/mol. The number of aromatic amines is 1. The molecule has 1 saturated heterocycles. The van der Waals surface area contributed by atoms with Crippen molar-refractivity contribution in [1.82, 2.24) is 29.3 Å². The van der Waals surface area contributed by atoms with Crippen molar-refractivity contribution in [1.29, 1.82) is 0 Å². The Hall–Kier alpha value is -4.31. The van der Waals surface area contributed by atoms with Crippen molar-refractivity contribution < 1.29 is 9.26 Å². The zero-order valence-electron chi connectivity index (χ0n) is 23.5.